The molecular weight excluding hydrogens is 404 g/mol. The normalized spacial score (nSPS) is 17.2. The van der Waals surface area contributed by atoms with Crippen LogP contribution >= 0.6 is 0 Å². The summed E-state index contributed by atoms with van der Waals surface area (Å²) in [5, 5.41) is 8.41. The fourth-order valence-electron chi connectivity index (χ4n) is 3.88. The van der Waals surface area contributed by atoms with Gasteiger partial charge < -0.3 is 20.9 Å². The Kier molecular flexibility index (Phi) is 9.10. The molecule has 0 bridgehead atoms. The predicted octanol–water partition coefficient (Wildman–Crippen LogP) is 2.79. The molecule has 7 nitrogen and oxygen atoms in total. The van der Waals surface area contributed by atoms with Crippen LogP contribution in [0.3, 0.4) is 0 Å². The van der Waals surface area contributed by atoms with Crippen LogP contribution in [0.5, 0.6) is 0 Å². The maximum absolute atomic E-state index is 13.1. The highest BCUT2D eigenvalue weighted by Crippen LogP contribution is 2.25. The summed E-state index contributed by atoms with van der Waals surface area (Å²) in [6.45, 7) is 1.60. The molecule has 2 aromatic rings. The summed E-state index contributed by atoms with van der Waals surface area (Å²) in [7, 11) is 0. The topological polar surface area (TPSA) is 90.5 Å². The van der Waals surface area contributed by atoms with Gasteiger partial charge in [0.1, 0.15) is 0 Å². The molecular formula is C25H32N4O3. The van der Waals surface area contributed by atoms with Crippen molar-refractivity contribution in [1.82, 2.24) is 20.9 Å². The third-order valence-corrected chi connectivity index (χ3v) is 5.60. The fourth-order valence-corrected chi connectivity index (χ4v) is 3.88. The quantitative estimate of drug-likeness (QED) is 0.650. The standard InChI is InChI=1S/C25H32N4O3/c30-23-18-22(21-12-6-2-7-13-21)29(17-9-3-8-15-26-23)24(31)19-28-25(32)27-16-14-20-10-4-1-5-11-20/h1-2,4-7,10-13,22H,3,8-9,14-19H2,(H,26,30)(H2,27,28,32). The summed E-state index contributed by atoms with van der Waals surface area (Å²) in [5.74, 6) is -0.254. The van der Waals surface area contributed by atoms with Gasteiger partial charge in [-0.25, -0.2) is 4.79 Å². The lowest BCUT2D eigenvalue weighted by molar-refractivity contribution is -0.134. The molecule has 7 heteroatoms. The van der Waals surface area contributed by atoms with Crippen molar-refractivity contribution in [2.45, 2.75) is 38.1 Å². The van der Waals surface area contributed by atoms with Crippen LogP contribution in [0.25, 0.3) is 0 Å². The molecule has 1 aliphatic heterocycles. The number of benzene rings is 2. The average Bonchev–Trinajstić information content (AvgIpc) is 2.82. The van der Waals surface area contributed by atoms with Gasteiger partial charge in [0.2, 0.25) is 11.8 Å². The highest BCUT2D eigenvalue weighted by molar-refractivity contribution is 5.85. The Morgan fingerprint density at radius 1 is 0.938 bits per heavy atom. The van der Waals surface area contributed by atoms with Gasteiger partial charge in [-0.15, -0.1) is 0 Å². The Balaban J connectivity index is 1.58. The van der Waals surface area contributed by atoms with Crippen molar-refractivity contribution >= 4 is 17.8 Å². The van der Waals surface area contributed by atoms with Crippen LogP contribution in [0.2, 0.25) is 0 Å². The number of nitrogens with one attached hydrogen (secondary N) is 3. The Bertz CT molecular complexity index is 873. The van der Waals surface area contributed by atoms with Crippen molar-refractivity contribution in [3.63, 3.8) is 0 Å². The van der Waals surface area contributed by atoms with E-state index in [9.17, 15) is 14.4 Å². The molecule has 0 aromatic heterocycles. The van der Waals surface area contributed by atoms with E-state index in [1.807, 2.05) is 60.7 Å². The number of rotatable bonds is 6. The molecule has 3 N–H and O–H groups in total. The summed E-state index contributed by atoms with van der Waals surface area (Å²) >= 11 is 0. The molecule has 0 radical (unpaired) electrons. The van der Waals surface area contributed by atoms with E-state index in [2.05, 4.69) is 16.0 Å². The van der Waals surface area contributed by atoms with E-state index in [4.69, 9.17) is 0 Å². The number of amides is 4. The molecule has 0 saturated carbocycles. The van der Waals surface area contributed by atoms with Crippen molar-refractivity contribution in [2.24, 2.45) is 0 Å². The minimum Gasteiger partial charge on any atom is -0.356 e. The Morgan fingerprint density at radius 3 is 2.41 bits per heavy atom. The van der Waals surface area contributed by atoms with Gasteiger partial charge in [0.05, 0.1) is 19.0 Å². The number of hydrogen-bond acceptors (Lipinski definition) is 3. The number of hydrogen-bond donors (Lipinski definition) is 3. The second-order valence-electron chi connectivity index (χ2n) is 7.97. The molecule has 1 unspecified atom stereocenters. The zero-order valence-electron chi connectivity index (χ0n) is 18.4. The van der Waals surface area contributed by atoms with E-state index < -0.39 is 0 Å². The lowest BCUT2D eigenvalue weighted by Gasteiger charge is -2.33. The first-order valence-electron chi connectivity index (χ1n) is 11.3. The van der Waals surface area contributed by atoms with Gasteiger partial charge in [-0.2, -0.15) is 0 Å². The predicted molar refractivity (Wildman–Crippen MR) is 124 cm³/mol. The monoisotopic (exact) mass is 436 g/mol. The number of nitrogens with zero attached hydrogens (tertiary/aromatic N) is 1. The van der Waals surface area contributed by atoms with E-state index in [0.29, 0.717) is 19.6 Å². The molecule has 32 heavy (non-hydrogen) atoms. The van der Waals surface area contributed by atoms with Gasteiger partial charge in [0.25, 0.3) is 0 Å². The molecule has 1 aliphatic rings. The van der Waals surface area contributed by atoms with Crippen LogP contribution in [-0.4, -0.2) is 48.9 Å². The summed E-state index contributed by atoms with van der Waals surface area (Å²) in [6, 6.07) is 18.8. The average molecular weight is 437 g/mol. The smallest absolute Gasteiger partial charge is 0.315 e. The SMILES string of the molecule is O=C1CC(c2ccccc2)N(C(=O)CNC(=O)NCCc2ccccc2)CCCCCN1. The van der Waals surface area contributed by atoms with Crippen LogP contribution in [0.4, 0.5) is 4.79 Å². The molecule has 2 aromatic carbocycles. The lowest BCUT2D eigenvalue weighted by Crippen LogP contribution is -2.46. The van der Waals surface area contributed by atoms with Crippen molar-refractivity contribution in [2.75, 3.05) is 26.2 Å². The third-order valence-electron chi connectivity index (χ3n) is 5.60. The van der Waals surface area contributed by atoms with Crippen LogP contribution in [-0.2, 0) is 16.0 Å². The van der Waals surface area contributed by atoms with E-state index in [0.717, 1.165) is 36.8 Å². The van der Waals surface area contributed by atoms with Gasteiger partial charge >= 0.3 is 6.03 Å². The maximum atomic E-state index is 13.1. The first-order valence-corrected chi connectivity index (χ1v) is 11.3. The van der Waals surface area contributed by atoms with Gasteiger partial charge in [0.15, 0.2) is 0 Å². The Hall–Kier alpha value is -3.35. The summed E-state index contributed by atoms with van der Waals surface area (Å²) in [5.41, 5.74) is 2.06. The molecule has 1 heterocycles. The van der Waals surface area contributed by atoms with E-state index in [1.165, 1.54) is 0 Å². The Morgan fingerprint density at radius 2 is 1.66 bits per heavy atom. The lowest BCUT2D eigenvalue weighted by atomic mass is 10.00. The summed E-state index contributed by atoms with van der Waals surface area (Å²) in [4.78, 5) is 39.5. The van der Waals surface area contributed by atoms with Gasteiger partial charge in [-0.05, 0) is 36.8 Å². The zero-order valence-corrected chi connectivity index (χ0v) is 18.4. The molecule has 0 spiro atoms. The second kappa shape index (κ2) is 12.5. The first kappa shape index (κ1) is 23.3. The van der Waals surface area contributed by atoms with Gasteiger partial charge in [-0.3, -0.25) is 9.59 Å². The maximum Gasteiger partial charge on any atom is 0.315 e. The number of carbonyl (C=O) groups excluding carboxylic acids is 3. The van der Waals surface area contributed by atoms with Gasteiger partial charge in [-0.1, -0.05) is 60.7 Å². The third kappa shape index (κ3) is 7.41. The fraction of sp³-hybridized carbons (Fsp3) is 0.400. The van der Waals surface area contributed by atoms with Crippen LogP contribution < -0.4 is 16.0 Å². The second-order valence-corrected chi connectivity index (χ2v) is 7.97. The summed E-state index contributed by atoms with van der Waals surface area (Å²) < 4.78 is 0. The number of urea groups is 1. The minimum absolute atomic E-state index is 0.0647. The molecule has 1 saturated heterocycles. The van der Waals surface area contributed by atoms with Crippen molar-refractivity contribution in [3.05, 3.63) is 71.8 Å². The van der Waals surface area contributed by atoms with Gasteiger partial charge in [0, 0.05) is 19.6 Å². The van der Waals surface area contributed by atoms with Crippen molar-refractivity contribution < 1.29 is 14.4 Å². The molecule has 1 fully saturated rings. The molecule has 3 rings (SSSR count). The molecule has 0 aliphatic carbocycles. The summed E-state index contributed by atoms with van der Waals surface area (Å²) in [6.07, 6.45) is 3.61. The first-order chi connectivity index (χ1) is 15.6. The van der Waals surface area contributed by atoms with E-state index in [-0.39, 0.29) is 36.9 Å². The largest absolute Gasteiger partial charge is 0.356 e. The van der Waals surface area contributed by atoms with Crippen LogP contribution in [0.15, 0.2) is 60.7 Å². The van der Waals surface area contributed by atoms with Crippen LogP contribution in [0, 0.1) is 0 Å². The number of carbonyl (C=O) groups is 3. The van der Waals surface area contributed by atoms with E-state index >= 15 is 0 Å². The highest BCUT2D eigenvalue weighted by Gasteiger charge is 2.27. The minimum atomic E-state index is -0.371. The molecule has 170 valence electrons. The molecule has 1 atom stereocenters. The Labute approximate surface area is 189 Å². The van der Waals surface area contributed by atoms with Crippen LogP contribution in [0.1, 0.15) is 42.9 Å². The highest BCUT2D eigenvalue weighted by atomic mass is 16.2. The van der Waals surface area contributed by atoms with Crippen molar-refractivity contribution in [3.8, 4) is 0 Å². The zero-order chi connectivity index (χ0) is 22.6. The van der Waals surface area contributed by atoms with Crippen molar-refractivity contribution in [1.29, 1.82) is 0 Å². The van der Waals surface area contributed by atoms with E-state index in [1.54, 1.807) is 4.90 Å². The molecule has 4 amide bonds.